The van der Waals surface area contributed by atoms with Gasteiger partial charge >= 0.3 is 6.11 Å². The predicted molar refractivity (Wildman–Crippen MR) is 58.5 cm³/mol. The van der Waals surface area contributed by atoms with Gasteiger partial charge in [0.05, 0.1) is 0 Å². The lowest BCUT2D eigenvalue weighted by Gasteiger charge is -2.20. The van der Waals surface area contributed by atoms with Crippen molar-refractivity contribution in [1.29, 1.82) is 0 Å². The molecule has 0 radical (unpaired) electrons. The molecule has 1 aromatic carbocycles. The Morgan fingerprint density at radius 2 is 1.62 bits per heavy atom. The van der Waals surface area contributed by atoms with Crippen LogP contribution in [0.25, 0.3) is 0 Å². The van der Waals surface area contributed by atoms with E-state index in [0.717, 1.165) is 6.08 Å². The van der Waals surface area contributed by atoms with Crippen LogP contribution in [0.1, 0.15) is 5.56 Å². The van der Waals surface area contributed by atoms with Crippen LogP contribution in [0.5, 0.6) is 0 Å². The summed E-state index contributed by atoms with van der Waals surface area (Å²) in [5, 5.41) is 0. The lowest BCUT2D eigenvalue weighted by atomic mass is 10.1. The standard InChI is InChI=1S/C13H5F5O3/c14-8-3-2-7(11(15)12(8)16)13(17,18)21-10-5-6(19)1-4-9(10)20/h1-5H. The maximum absolute atomic E-state index is 13.7. The minimum absolute atomic E-state index is 0.277. The van der Waals surface area contributed by atoms with Crippen molar-refractivity contribution in [3.05, 3.63) is 59.1 Å². The van der Waals surface area contributed by atoms with Crippen LogP contribution in [0.15, 0.2) is 36.1 Å². The second-order valence-corrected chi connectivity index (χ2v) is 3.95. The number of allylic oxidation sites excluding steroid dienone is 3. The fourth-order valence-electron chi connectivity index (χ4n) is 1.51. The Labute approximate surface area is 114 Å². The smallest absolute Gasteiger partial charge is 0.424 e. The number of benzene rings is 1. The maximum atomic E-state index is 13.7. The quantitative estimate of drug-likeness (QED) is 0.490. The highest BCUT2D eigenvalue weighted by molar-refractivity contribution is 6.16. The molecule has 110 valence electrons. The number of ketones is 2. The molecule has 1 aliphatic rings. The first kappa shape index (κ1) is 14.9. The summed E-state index contributed by atoms with van der Waals surface area (Å²) in [7, 11) is 0. The van der Waals surface area contributed by atoms with Crippen LogP contribution in [-0.2, 0) is 20.4 Å². The van der Waals surface area contributed by atoms with Gasteiger partial charge in [0, 0.05) is 6.08 Å². The summed E-state index contributed by atoms with van der Waals surface area (Å²) < 4.78 is 70.4. The minimum Gasteiger partial charge on any atom is -0.424 e. The summed E-state index contributed by atoms with van der Waals surface area (Å²) >= 11 is 0. The van der Waals surface area contributed by atoms with Crippen LogP contribution in [0, 0.1) is 17.5 Å². The molecular weight excluding hydrogens is 299 g/mol. The predicted octanol–water partition coefficient (Wildman–Crippen LogP) is 2.76. The lowest BCUT2D eigenvalue weighted by molar-refractivity contribution is -0.225. The average Bonchev–Trinajstić information content (AvgIpc) is 2.39. The van der Waals surface area contributed by atoms with Gasteiger partial charge in [0.25, 0.3) is 0 Å². The molecule has 0 bridgehead atoms. The lowest BCUT2D eigenvalue weighted by Crippen LogP contribution is -2.24. The SMILES string of the molecule is O=C1C=CC(=O)C(OC(F)(F)c2ccc(F)c(F)c2F)=C1. The second kappa shape index (κ2) is 5.12. The molecule has 0 amide bonds. The molecule has 0 saturated carbocycles. The summed E-state index contributed by atoms with van der Waals surface area (Å²) in [4.78, 5) is 22.2. The molecule has 0 atom stereocenters. The Balaban J connectivity index is 2.37. The highest BCUT2D eigenvalue weighted by Crippen LogP contribution is 2.35. The van der Waals surface area contributed by atoms with E-state index in [1.807, 2.05) is 0 Å². The normalized spacial score (nSPS) is 15.2. The zero-order valence-corrected chi connectivity index (χ0v) is 10.0. The third-order valence-corrected chi connectivity index (χ3v) is 2.50. The van der Waals surface area contributed by atoms with Gasteiger partial charge in [-0.25, -0.2) is 13.2 Å². The zero-order valence-electron chi connectivity index (χ0n) is 10.0. The summed E-state index contributed by atoms with van der Waals surface area (Å²) in [6.45, 7) is 0. The molecule has 1 aromatic rings. The first-order chi connectivity index (χ1) is 9.72. The van der Waals surface area contributed by atoms with Crippen LogP contribution in [0.2, 0.25) is 0 Å². The van der Waals surface area contributed by atoms with Gasteiger partial charge in [-0.05, 0) is 24.3 Å². The van der Waals surface area contributed by atoms with Crippen molar-refractivity contribution in [2.24, 2.45) is 0 Å². The molecule has 3 nitrogen and oxygen atoms in total. The van der Waals surface area contributed by atoms with E-state index in [9.17, 15) is 31.5 Å². The van der Waals surface area contributed by atoms with Crippen molar-refractivity contribution in [3.63, 3.8) is 0 Å². The Hall–Kier alpha value is -2.51. The van der Waals surface area contributed by atoms with E-state index in [1.165, 1.54) is 0 Å². The van der Waals surface area contributed by atoms with Gasteiger partial charge in [0.15, 0.2) is 29.0 Å². The molecule has 0 unspecified atom stereocenters. The highest BCUT2D eigenvalue weighted by atomic mass is 19.3. The van der Waals surface area contributed by atoms with Crippen molar-refractivity contribution in [2.75, 3.05) is 0 Å². The Morgan fingerprint density at radius 3 is 2.29 bits per heavy atom. The molecule has 21 heavy (non-hydrogen) atoms. The van der Waals surface area contributed by atoms with E-state index in [-0.39, 0.29) is 12.1 Å². The Bertz CT molecular complexity index is 691. The first-order valence-corrected chi connectivity index (χ1v) is 5.41. The molecule has 0 aromatic heterocycles. The number of alkyl halides is 2. The van der Waals surface area contributed by atoms with E-state index in [4.69, 9.17) is 0 Å². The number of ether oxygens (including phenoxy) is 1. The molecule has 0 fully saturated rings. The van der Waals surface area contributed by atoms with Gasteiger partial charge < -0.3 is 4.74 Å². The van der Waals surface area contributed by atoms with E-state index >= 15 is 0 Å². The van der Waals surface area contributed by atoms with Gasteiger partial charge in [0.2, 0.25) is 5.78 Å². The number of carbonyl (C=O) groups excluding carboxylic acids is 2. The summed E-state index contributed by atoms with van der Waals surface area (Å²) in [5.74, 6) is -8.76. The minimum atomic E-state index is -4.47. The van der Waals surface area contributed by atoms with Crippen LogP contribution < -0.4 is 0 Å². The van der Waals surface area contributed by atoms with Gasteiger partial charge in [-0.3, -0.25) is 9.59 Å². The number of rotatable bonds is 3. The van der Waals surface area contributed by atoms with Gasteiger partial charge in [0.1, 0.15) is 5.56 Å². The van der Waals surface area contributed by atoms with Gasteiger partial charge in [-0.15, -0.1) is 0 Å². The van der Waals surface area contributed by atoms with Crippen molar-refractivity contribution in [1.82, 2.24) is 0 Å². The maximum Gasteiger partial charge on any atom is 0.429 e. The van der Waals surface area contributed by atoms with Crippen LogP contribution in [-0.4, -0.2) is 11.6 Å². The van der Waals surface area contributed by atoms with E-state index < -0.39 is 46.4 Å². The second-order valence-electron chi connectivity index (χ2n) is 3.95. The van der Waals surface area contributed by atoms with Crippen molar-refractivity contribution in [3.8, 4) is 0 Å². The van der Waals surface area contributed by atoms with Gasteiger partial charge in [-0.1, -0.05) is 0 Å². The largest absolute Gasteiger partial charge is 0.429 e. The number of halogens is 5. The molecule has 0 aliphatic heterocycles. The molecule has 0 saturated heterocycles. The molecule has 0 heterocycles. The molecule has 8 heteroatoms. The Morgan fingerprint density at radius 1 is 0.952 bits per heavy atom. The first-order valence-electron chi connectivity index (χ1n) is 5.41. The van der Waals surface area contributed by atoms with Crippen molar-refractivity contribution in [2.45, 2.75) is 6.11 Å². The van der Waals surface area contributed by atoms with Gasteiger partial charge in [-0.2, -0.15) is 8.78 Å². The van der Waals surface area contributed by atoms with Crippen molar-refractivity contribution >= 4 is 11.6 Å². The van der Waals surface area contributed by atoms with Crippen LogP contribution in [0.4, 0.5) is 22.0 Å². The summed E-state index contributed by atoms with van der Waals surface area (Å²) in [5.41, 5.74) is -1.60. The monoisotopic (exact) mass is 304 g/mol. The number of hydrogen-bond acceptors (Lipinski definition) is 3. The number of carbonyl (C=O) groups is 2. The Kier molecular flexibility index (Phi) is 3.63. The fraction of sp³-hybridized carbons (Fsp3) is 0.0769. The molecule has 0 N–H and O–H groups in total. The van der Waals surface area contributed by atoms with Crippen molar-refractivity contribution < 1.29 is 36.3 Å². The van der Waals surface area contributed by atoms with E-state index in [2.05, 4.69) is 4.74 Å². The molecular formula is C13H5F5O3. The molecule has 1 aliphatic carbocycles. The van der Waals surface area contributed by atoms with Crippen LogP contribution in [0.3, 0.4) is 0 Å². The van der Waals surface area contributed by atoms with Crippen LogP contribution >= 0.6 is 0 Å². The average molecular weight is 304 g/mol. The highest BCUT2D eigenvalue weighted by Gasteiger charge is 2.41. The summed E-state index contributed by atoms with van der Waals surface area (Å²) in [6, 6.07) is 0.562. The van der Waals surface area contributed by atoms with E-state index in [1.54, 1.807) is 0 Å². The molecule has 2 rings (SSSR count). The zero-order chi connectivity index (χ0) is 15.8. The number of hydrogen-bond donors (Lipinski definition) is 0. The third kappa shape index (κ3) is 2.83. The summed E-state index contributed by atoms with van der Waals surface area (Å²) in [6.07, 6.45) is -2.47. The topological polar surface area (TPSA) is 43.4 Å². The molecule has 0 spiro atoms. The van der Waals surface area contributed by atoms with E-state index in [0.29, 0.717) is 12.2 Å². The third-order valence-electron chi connectivity index (χ3n) is 2.50. The fourth-order valence-corrected chi connectivity index (χ4v) is 1.51.